The predicted octanol–water partition coefficient (Wildman–Crippen LogP) is 3.44. The molecule has 100 valence electrons. The standard InChI is InChI=1S/C14H18N4S/c1-14(2,3)13-17-11(7-12(19)18-13)16-9-10-5-4-6-15-8-10/h4-8H,9H2,1-3H3,(H2,16,17,18,19). The van der Waals surface area contributed by atoms with Crippen LogP contribution in [-0.4, -0.2) is 15.0 Å². The summed E-state index contributed by atoms with van der Waals surface area (Å²) in [6.45, 7) is 7.01. The van der Waals surface area contributed by atoms with Gasteiger partial charge in [-0.25, -0.2) is 4.98 Å². The zero-order valence-electron chi connectivity index (χ0n) is 11.4. The highest BCUT2D eigenvalue weighted by Gasteiger charge is 2.16. The number of hydrogen-bond acceptors (Lipinski definition) is 4. The highest BCUT2D eigenvalue weighted by molar-refractivity contribution is 7.71. The summed E-state index contributed by atoms with van der Waals surface area (Å²) in [5, 5.41) is 3.31. The molecular formula is C14H18N4S. The maximum Gasteiger partial charge on any atom is 0.131 e. The molecule has 0 saturated heterocycles. The first-order valence-electron chi connectivity index (χ1n) is 6.20. The van der Waals surface area contributed by atoms with E-state index < -0.39 is 0 Å². The highest BCUT2D eigenvalue weighted by Crippen LogP contribution is 2.19. The monoisotopic (exact) mass is 274 g/mol. The van der Waals surface area contributed by atoms with E-state index in [2.05, 4.69) is 41.0 Å². The van der Waals surface area contributed by atoms with Crippen LogP contribution in [0.2, 0.25) is 0 Å². The smallest absolute Gasteiger partial charge is 0.131 e. The molecule has 2 aromatic heterocycles. The Morgan fingerprint density at radius 3 is 2.79 bits per heavy atom. The molecule has 2 aromatic rings. The van der Waals surface area contributed by atoms with E-state index in [0.717, 1.165) is 17.2 Å². The van der Waals surface area contributed by atoms with Gasteiger partial charge in [0.15, 0.2) is 0 Å². The number of pyridine rings is 1. The van der Waals surface area contributed by atoms with Crippen molar-refractivity contribution in [2.45, 2.75) is 32.7 Å². The minimum Gasteiger partial charge on any atom is -0.367 e. The summed E-state index contributed by atoms with van der Waals surface area (Å²) in [5.41, 5.74) is 1.07. The molecule has 0 saturated carbocycles. The van der Waals surface area contributed by atoms with Gasteiger partial charge in [-0.3, -0.25) is 4.98 Å². The van der Waals surface area contributed by atoms with Crippen molar-refractivity contribution in [3.8, 4) is 0 Å². The van der Waals surface area contributed by atoms with Crippen LogP contribution in [0.4, 0.5) is 5.82 Å². The maximum atomic E-state index is 5.20. The number of nitrogens with zero attached hydrogens (tertiary/aromatic N) is 2. The van der Waals surface area contributed by atoms with Gasteiger partial charge in [-0.2, -0.15) is 0 Å². The molecule has 2 heterocycles. The van der Waals surface area contributed by atoms with E-state index in [1.54, 1.807) is 6.20 Å². The fourth-order valence-corrected chi connectivity index (χ4v) is 1.82. The average Bonchev–Trinajstić information content (AvgIpc) is 2.36. The van der Waals surface area contributed by atoms with Gasteiger partial charge in [0.25, 0.3) is 0 Å². The fraction of sp³-hybridized carbons (Fsp3) is 0.357. The normalized spacial score (nSPS) is 11.3. The molecule has 0 aromatic carbocycles. The zero-order chi connectivity index (χ0) is 13.9. The number of nitrogens with one attached hydrogen (secondary N) is 2. The van der Waals surface area contributed by atoms with Crippen molar-refractivity contribution in [2.75, 3.05) is 5.32 Å². The van der Waals surface area contributed by atoms with Gasteiger partial charge in [-0.15, -0.1) is 0 Å². The molecule has 2 N–H and O–H groups in total. The second kappa shape index (κ2) is 5.48. The molecule has 0 aliphatic rings. The molecule has 0 unspecified atom stereocenters. The van der Waals surface area contributed by atoms with Gasteiger partial charge in [-0.1, -0.05) is 39.1 Å². The first-order chi connectivity index (χ1) is 8.95. The molecule has 5 heteroatoms. The second-order valence-corrected chi connectivity index (χ2v) is 5.86. The van der Waals surface area contributed by atoms with Crippen molar-refractivity contribution >= 4 is 18.0 Å². The van der Waals surface area contributed by atoms with Crippen LogP contribution in [0.5, 0.6) is 0 Å². The van der Waals surface area contributed by atoms with E-state index in [-0.39, 0.29) is 5.41 Å². The lowest BCUT2D eigenvalue weighted by atomic mass is 9.96. The number of aromatic amines is 1. The Hall–Kier alpha value is -1.75. The molecule has 0 amide bonds. The van der Waals surface area contributed by atoms with Crippen LogP contribution < -0.4 is 5.32 Å². The Kier molecular flexibility index (Phi) is 3.95. The SMILES string of the molecule is CC(C)(C)c1nc(=S)cc(NCc2cccnc2)[nH]1. The molecule has 0 radical (unpaired) electrons. The number of anilines is 1. The van der Waals surface area contributed by atoms with Crippen molar-refractivity contribution in [2.24, 2.45) is 0 Å². The first-order valence-corrected chi connectivity index (χ1v) is 6.60. The molecule has 19 heavy (non-hydrogen) atoms. The lowest BCUT2D eigenvalue weighted by Crippen LogP contribution is -2.17. The second-order valence-electron chi connectivity index (χ2n) is 5.45. The number of rotatable bonds is 3. The lowest BCUT2D eigenvalue weighted by molar-refractivity contribution is 0.545. The van der Waals surface area contributed by atoms with E-state index in [9.17, 15) is 0 Å². The summed E-state index contributed by atoms with van der Waals surface area (Å²) in [7, 11) is 0. The minimum atomic E-state index is -0.0560. The molecule has 0 spiro atoms. The van der Waals surface area contributed by atoms with Crippen LogP contribution in [-0.2, 0) is 12.0 Å². The summed E-state index contributed by atoms with van der Waals surface area (Å²) in [6, 6.07) is 5.79. The third kappa shape index (κ3) is 3.86. The third-order valence-electron chi connectivity index (χ3n) is 2.66. The van der Waals surface area contributed by atoms with Crippen molar-refractivity contribution in [1.29, 1.82) is 0 Å². The van der Waals surface area contributed by atoms with Gasteiger partial charge in [0.2, 0.25) is 0 Å². The van der Waals surface area contributed by atoms with E-state index in [1.807, 2.05) is 24.4 Å². The van der Waals surface area contributed by atoms with Crippen LogP contribution in [0.25, 0.3) is 0 Å². The Morgan fingerprint density at radius 2 is 2.16 bits per heavy atom. The Morgan fingerprint density at radius 1 is 1.37 bits per heavy atom. The van der Waals surface area contributed by atoms with Gasteiger partial charge < -0.3 is 10.3 Å². The number of aromatic nitrogens is 3. The van der Waals surface area contributed by atoms with Crippen LogP contribution in [0, 0.1) is 4.64 Å². The highest BCUT2D eigenvalue weighted by atomic mass is 32.1. The molecule has 4 nitrogen and oxygen atoms in total. The van der Waals surface area contributed by atoms with Crippen LogP contribution >= 0.6 is 12.2 Å². The van der Waals surface area contributed by atoms with Crippen LogP contribution in [0.15, 0.2) is 30.6 Å². The summed E-state index contributed by atoms with van der Waals surface area (Å²) >= 11 is 5.20. The molecule has 0 atom stereocenters. The molecule has 0 aliphatic heterocycles. The van der Waals surface area contributed by atoms with Gasteiger partial charge in [0, 0.05) is 30.4 Å². The van der Waals surface area contributed by atoms with Crippen LogP contribution in [0.1, 0.15) is 32.2 Å². The fourth-order valence-electron chi connectivity index (χ4n) is 1.61. The van der Waals surface area contributed by atoms with Crippen LogP contribution in [0.3, 0.4) is 0 Å². The molecular weight excluding hydrogens is 256 g/mol. The van der Waals surface area contributed by atoms with Crippen molar-refractivity contribution in [1.82, 2.24) is 15.0 Å². The quantitative estimate of drug-likeness (QED) is 0.842. The first kappa shape index (κ1) is 13.7. The zero-order valence-corrected chi connectivity index (χ0v) is 12.2. The number of H-pyrrole nitrogens is 1. The summed E-state index contributed by atoms with van der Waals surface area (Å²) in [5.74, 6) is 1.77. The average molecular weight is 274 g/mol. The topological polar surface area (TPSA) is 53.6 Å². The van der Waals surface area contributed by atoms with E-state index in [0.29, 0.717) is 11.2 Å². The summed E-state index contributed by atoms with van der Waals surface area (Å²) in [6.07, 6.45) is 3.61. The molecule has 0 fully saturated rings. The Bertz CT molecular complexity index is 599. The summed E-state index contributed by atoms with van der Waals surface area (Å²) in [4.78, 5) is 11.7. The third-order valence-corrected chi connectivity index (χ3v) is 2.87. The van der Waals surface area contributed by atoms with Crippen molar-refractivity contribution in [3.63, 3.8) is 0 Å². The van der Waals surface area contributed by atoms with Gasteiger partial charge in [0.1, 0.15) is 16.3 Å². The predicted molar refractivity (Wildman–Crippen MR) is 79.7 cm³/mol. The van der Waals surface area contributed by atoms with Crippen molar-refractivity contribution < 1.29 is 0 Å². The molecule has 2 rings (SSSR count). The molecule has 0 aliphatic carbocycles. The van der Waals surface area contributed by atoms with Crippen molar-refractivity contribution in [3.05, 3.63) is 46.6 Å². The Balaban J connectivity index is 2.17. The molecule has 0 bridgehead atoms. The maximum absolute atomic E-state index is 5.20. The lowest BCUT2D eigenvalue weighted by Gasteiger charge is -2.18. The van der Waals surface area contributed by atoms with Gasteiger partial charge in [0.05, 0.1) is 0 Å². The number of hydrogen-bond donors (Lipinski definition) is 2. The Labute approximate surface area is 118 Å². The minimum absolute atomic E-state index is 0.0560. The van der Waals surface area contributed by atoms with Gasteiger partial charge in [-0.05, 0) is 11.6 Å². The largest absolute Gasteiger partial charge is 0.367 e. The van der Waals surface area contributed by atoms with E-state index in [4.69, 9.17) is 12.2 Å². The summed E-state index contributed by atoms with van der Waals surface area (Å²) < 4.78 is 0.595. The van der Waals surface area contributed by atoms with E-state index >= 15 is 0 Å². The van der Waals surface area contributed by atoms with Gasteiger partial charge >= 0.3 is 0 Å². The van der Waals surface area contributed by atoms with E-state index in [1.165, 1.54) is 0 Å².